The van der Waals surface area contributed by atoms with Crippen LogP contribution in [0.1, 0.15) is 0 Å². The molecule has 0 amide bonds. The van der Waals surface area contributed by atoms with E-state index in [2.05, 4.69) is 15.3 Å². The molecule has 2 aromatic heterocycles. The lowest BCUT2D eigenvalue weighted by Gasteiger charge is -2.11. The number of anilines is 3. The minimum absolute atomic E-state index is 0.0254. The van der Waals surface area contributed by atoms with Crippen molar-refractivity contribution in [3.63, 3.8) is 0 Å². The van der Waals surface area contributed by atoms with Crippen LogP contribution in [0.5, 0.6) is 11.5 Å². The van der Waals surface area contributed by atoms with Crippen LogP contribution >= 0.6 is 0 Å². The van der Waals surface area contributed by atoms with Gasteiger partial charge < -0.3 is 19.2 Å². The zero-order valence-corrected chi connectivity index (χ0v) is 14.1. The Hall–Kier alpha value is -3.05. The molecule has 0 saturated carbocycles. The molecule has 0 unspecified atom stereocenters. The van der Waals surface area contributed by atoms with Gasteiger partial charge in [-0.1, -0.05) is 0 Å². The van der Waals surface area contributed by atoms with E-state index in [1.807, 2.05) is 4.72 Å². The van der Waals surface area contributed by atoms with E-state index in [1.54, 1.807) is 12.1 Å². The molecular formula is C14H15N5O5S. The van der Waals surface area contributed by atoms with Gasteiger partial charge in [-0.05, 0) is 6.07 Å². The lowest BCUT2D eigenvalue weighted by Crippen LogP contribution is -2.21. The molecule has 0 bridgehead atoms. The number of methoxy groups -OCH3 is 2. The minimum atomic E-state index is -3.92. The minimum Gasteiger partial charge on any atom is -0.493 e. The van der Waals surface area contributed by atoms with Gasteiger partial charge in [0.15, 0.2) is 11.5 Å². The van der Waals surface area contributed by atoms with Crippen molar-refractivity contribution in [3.8, 4) is 11.5 Å². The highest BCUT2D eigenvalue weighted by Gasteiger charge is 2.13. The molecule has 11 heteroatoms. The second kappa shape index (κ2) is 6.45. The number of furan rings is 1. The van der Waals surface area contributed by atoms with Crippen molar-refractivity contribution in [1.29, 1.82) is 0 Å². The highest BCUT2D eigenvalue weighted by atomic mass is 32.2. The Bertz CT molecular complexity index is 1020. The standard InChI is InChI=1S/C14H15N5O5S/c1-22-11-4-9-10(5-12(11)23-2)16-7-17-14(9)18-8-3-13(24-6-8)19-25(15,20)21/h3-7,19H,1-2H3,(H2,15,20,21)(H,16,17,18). The summed E-state index contributed by atoms with van der Waals surface area (Å²) in [6, 6.07) is 4.89. The highest BCUT2D eigenvalue weighted by Crippen LogP contribution is 2.34. The molecule has 0 aliphatic carbocycles. The summed E-state index contributed by atoms with van der Waals surface area (Å²) in [5.41, 5.74) is 1.11. The van der Waals surface area contributed by atoms with Gasteiger partial charge in [0.2, 0.25) is 5.88 Å². The third-order valence-corrected chi connectivity index (χ3v) is 3.73. The fourth-order valence-electron chi connectivity index (χ4n) is 2.21. The zero-order valence-electron chi connectivity index (χ0n) is 13.3. The first kappa shape index (κ1) is 16.8. The number of hydrogen-bond acceptors (Lipinski definition) is 8. The molecule has 1 aromatic carbocycles. The van der Waals surface area contributed by atoms with E-state index in [0.29, 0.717) is 33.9 Å². The van der Waals surface area contributed by atoms with E-state index >= 15 is 0 Å². The van der Waals surface area contributed by atoms with Crippen molar-refractivity contribution in [1.82, 2.24) is 9.97 Å². The number of fused-ring (bicyclic) bond motifs is 1. The zero-order chi connectivity index (χ0) is 18.0. The SMILES string of the molecule is COc1cc2ncnc(Nc3coc(NS(N)(=O)=O)c3)c2cc1OC. The number of nitrogens with zero attached hydrogens (tertiary/aromatic N) is 2. The van der Waals surface area contributed by atoms with Crippen LogP contribution in [-0.2, 0) is 10.2 Å². The molecule has 0 aliphatic heterocycles. The summed E-state index contributed by atoms with van der Waals surface area (Å²) in [7, 11) is -0.849. The van der Waals surface area contributed by atoms with Crippen LogP contribution < -0.4 is 24.7 Å². The number of ether oxygens (including phenoxy) is 2. The maximum atomic E-state index is 11.0. The first-order valence-electron chi connectivity index (χ1n) is 6.92. The first-order valence-corrected chi connectivity index (χ1v) is 8.47. The van der Waals surface area contributed by atoms with Crippen LogP contribution in [0.4, 0.5) is 17.4 Å². The van der Waals surface area contributed by atoms with E-state index in [9.17, 15) is 8.42 Å². The average Bonchev–Trinajstić information content (AvgIpc) is 2.98. The highest BCUT2D eigenvalue weighted by molar-refractivity contribution is 7.90. The molecule has 2 heterocycles. The Morgan fingerprint density at radius 3 is 2.52 bits per heavy atom. The molecule has 3 rings (SSSR count). The molecule has 0 atom stereocenters. The average molecular weight is 365 g/mol. The summed E-state index contributed by atoms with van der Waals surface area (Å²) in [4.78, 5) is 8.40. The molecule has 132 valence electrons. The predicted molar refractivity (Wildman–Crippen MR) is 91.4 cm³/mol. The van der Waals surface area contributed by atoms with Gasteiger partial charge in [0.1, 0.15) is 18.4 Å². The van der Waals surface area contributed by atoms with Crippen LogP contribution in [0.3, 0.4) is 0 Å². The number of benzene rings is 1. The van der Waals surface area contributed by atoms with E-state index in [4.69, 9.17) is 19.0 Å². The quantitative estimate of drug-likeness (QED) is 0.598. The van der Waals surface area contributed by atoms with Crippen molar-refractivity contribution >= 4 is 38.5 Å². The van der Waals surface area contributed by atoms with Crippen molar-refractivity contribution in [2.45, 2.75) is 0 Å². The van der Waals surface area contributed by atoms with Gasteiger partial charge in [0.25, 0.3) is 10.2 Å². The second-order valence-electron chi connectivity index (χ2n) is 4.92. The van der Waals surface area contributed by atoms with Crippen LogP contribution in [0.15, 0.2) is 35.2 Å². The van der Waals surface area contributed by atoms with Crippen LogP contribution in [0.2, 0.25) is 0 Å². The normalized spacial score (nSPS) is 11.3. The summed E-state index contributed by atoms with van der Waals surface area (Å²) in [6.07, 6.45) is 2.71. The summed E-state index contributed by atoms with van der Waals surface area (Å²) in [6.45, 7) is 0. The number of nitrogens with one attached hydrogen (secondary N) is 2. The van der Waals surface area contributed by atoms with Crippen LogP contribution in [0, 0.1) is 0 Å². The van der Waals surface area contributed by atoms with Crippen molar-refractivity contribution < 1.29 is 22.3 Å². The Morgan fingerprint density at radius 1 is 1.12 bits per heavy atom. The molecule has 0 radical (unpaired) electrons. The number of nitrogens with two attached hydrogens (primary N) is 1. The molecule has 3 aromatic rings. The number of aromatic nitrogens is 2. The van der Waals surface area contributed by atoms with Gasteiger partial charge >= 0.3 is 0 Å². The van der Waals surface area contributed by atoms with Crippen molar-refractivity contribution in [2.24, 2.45) is 5.14 Å². The molecule has 0 saturated heterocycles. The Kier molecular flexibility index (Phi) is 4.33. The van der Waals surface area contributed by atoms with Gasteiger partial charge in [-0.3, -0.25) is 0 Å². The fourth-order valence-corrected chi connectivity index (χ4v) is 2.60. The monoisotopic (exact) mass is 365 g/mol. The van der Waals surface area contributed by atoms with E-state index in [0.717, 1.165) is 0 Å². The molecule has 4 N–H and O–H groups in total. The Labute approximate surface area is 143 Å². The van der Waals surface area contributed by atoms with Gasteiger partial charge in [-0.15, -0.1) is 0 Å². The van der Waals surface area contributed by atoms with Gasteiger partial charge in [-0.25, -0.2) is 19.8 Å². The number of rotatable bonds is 6. The summed E-state index contributed by atoms with van der Waals surface area (Å²) >= 11 is 0. The third-order valence-electron chi connectivity index (χ3n) is 3.25. The molecular weight excluding hydrogens is 350 g/mol. The van der Waals surface area contributed by atoms with Crippen LogP contribution in [-0.4, -0.2) is 32.6 Å². The molecule has 25 heavy (non-hydrogen) atoms. The van der Waals surface area contributed by atoms with Crippen molar-refractivity contribution in [3.05, 3.63) is 30.8 Å². The molecule has 0 fully saturated rings. The third kappa shape index (κ3) is 3.72. The van der Waals surface area contributed by atoms with Crippen molar-refractivity contribution in [2.75, 3.05) is 24.3 Å². The van der Waals surface area contributed by atoms with Gasteiger partial charge in [0.05, 0.1) is 25.4 Å². The fraction of sp³-hybridized carbons (Fsp3) is 0.143. The maximum absolute atomic E-state index is 11.0. The molecule has 0 spiro atoms. The van der Waals surface area contributed by atoms with E-state index in [1.165, 1.54) is 32.9 Å². The van der Waals surface area contributed by atoms with E-state index < -0.39 is 10.2 Å². The summed E-state index contributed by atoms with van der Waals surface area (Å²) in [5.74, 6) is 1.52. The predicted octanol–water partition coefficient (Wildman–Crippen LogP) is 1.60. The number of hydrogen-bond donors (Lipinski definition) is 3. The topological polar surface area (TPSA) is 142 Å². The largest absolute Gasteiger partial charge is 0.493 e. The molecule has 0 aliphatic rings. The van der Waals surface area contributed by atoms with E-state index in [-0.39, 0.29) is 5.88 Å². The lowest BCUT2D eigenvalue weighted by molar-refractivity contribution is 0.356. The first-order chi connectivity index (χ1) is 11.9. The Morgan fingerprint density at radius 2 is 1.84 bits per heavy atom. The van der Waals surface area contributed by atoms with Crippen LogP contribution in [0.25, 0.3) is 10.9 Å². The molecule has 10 nitrogen and oxygen atoms in total. The maximum Gasteiger partial charge on any atom is 0.298 e. The lowest BCUT2D eigenvalue weighted by atomic mass is 10.2. The van der Waals surface area contributed by atoms with Gasteiger partial charge in [0, 0.05) is 17.5 Å². The summed E-state index contributed by atoms with van der Waals surface area (Å²) in [5, 5.41) is 8.61. The van der Waals surface area contributed by atoms with Gasteiger partial charge in [-0.2, -0.15) is 8.42 Å². The smallest absolute Gasteiger partial charge is 0.298 e. The Balaban J connectivity index is 1.96. The second-order valence-corrected chi connectivity index (χ2v) is 6.21. The summed E-state index contributed by atoms with van der Waals surface area (Å²) < 4.78 is 39.7.